The maximum atomic E-state index is 4.78. The Hall–Kier alpha value is -1.09. The predicted octanol–water partition coefficient (Wildman–Crippen LogP) is 3.99. The van der Waals surface area contributed by atoms with Crippen molar-refractivity contribution in [1.82, 2.24) is 4.98 Å². The zero-order valence-electron chi connectivity index (χ0n) is 9.69. The van der Waals surface area contributed by atoms with Crippen molar-refractivity contribution in [2.75, 3.05) is 18.0 Å². The van der Waals surface area contributed by atoms with Crippen LogP contribution in [0.3, 0.4) is 0 Å². The summed E-state index contributed by atoms with van der Waals surface area (Å²) in [6.07, 6.45) is 3.91. The Morgan fingerprint density at radius 2 is 1.82 bits per heavy atom. The second-order valence-electron chi connectivity index (χ2n) is 4.53. The first-order chi connectivity index (χ1) is 8.34. The van der Waals surface area contributed by atoms with E-state index in [4.69, 9.17) is 4.98 Å². The lowest BCUT2D eigenvalue weighted by Gasteiger charge is -2.28. The minimum Gasteiger partial charge on any atom is -0.356 e. The molecule has 3 rings (SSSR count). The first-order valence-corrected chi connectivity index (χ1v) is 6.94. The van der Waals surface area contributed by atoms with Crippen LogP contribution in [0.4, 0.5) is 5.82 Å². The van der Waals surface area contributed by atoms with Crippen LogP contribution in [-0.2, 0) is 0 Å². The van der Waals surface area contributed by atoms with Gasteiger partial charge in [-0.25, -0.2) is 4.98 Å². The van der Waals surface area contributed by atoms with Crippen molar-refractivity contribution in [3.63, 3.8) is 0 Å². The molecule has 0 unspecified atom stereocenters. The number of anilines is 1. The Balaban J connectivity index is 2.06. The topological polar surface area (TPSA) is 16.1 Å². The monoisotopic (exact) mass is 290 g/mol. The van der Waals surface area contributed by atoms with Crippen molar-refractivity contribution >= 4 is 32.7 Å². The van der Waals surface area contributed by atoms with E-state index in [0.29, 0.717) is 0 Å². The third kappa shape index (κ3) is 2.16. The number of aromatic nitrogens is 1. The third-order valence-electron chi connectivity index (χ3n) is 3.31. The normalized spacial score (nSPS) is 16.4. The molecule has 1 aliphatic heterocycles. The lowest BCUT2D eigenvalue weighted by atomic mass is 10.1. The van der Waals surface area contributed by atoms with E-state index < -0.39 is 0 Å². The van der Waals surface area contributed by atoms with E-state index in [1.54, 1.807) is 0 Å². The number of para-hydroxylation sites is 1. The molecule has 1 fully saturated rings. The summed E-state index contributed by atoms with van der Waals surface area (Å²) < 4.78 is 1.11. The molecule has 0 atom stereocenters. The molecule has 88 valence electrons. The molecule has 0 amide bonds. The maximum Gasteiger partial charge on any atom is 0.143 e. The summed E-state index contributed by atoms with van der Waals surface area (Å²) in [4.78, 5) is 7.17. The van der Waals surface area contributed by atoms with E-state index in [1.165, 1.54) is 24.6 Å². The molecule has 1 saturated heterocycles. The fraction of sp³-hybridized carbons (Fsp3) is 0.357. The lowest BCUT2D eigenvalue weighted by Crippen LogP contribution is -2.30. The van der Waals surface area contributed by atoms with Crippen molar-refractivity contribution in [3.05, 3.63) is 34.8 Å². The summed E-state index contributed by atoms with van der Waals surface area (Å²) in [5.41, 5.74) is 1.08. The van der Waals surface area contributed by atoms with Crippen molar-refractivity contribution in [3.8, 4) is 0 Å². The molecule has 3 heteroatoms. The molecule has 1 aromatic carbocycles. The standard InChI is InChI=1S/C14H15BrN2/c15-12-10-11-6-2-3-7-13(11)16-14(12)17-8-4-1-5-9-17/h2-3,6-7,10H,1,4-5,8-9H2. The number of hydrogen-bond donors (Lipinski definition) is 0. The molecule has 17 heavy (non-hydrogen) atoms. The summed E-state index contributed by atoms with van der Waals surface area (Å²) in [6.45, 7) is 2.26. The van der Waals surface area contributed by atoms with Gasteiger partial charge in [-0.2, -0.15) is 0 Å². The number of piperidine rings is 1. The van der Waals surface area contributed by atoms with E-state index in [-0.39, 0.29) is 0 Å². The van der Waals surface area contributed by atoms with Crippen LogP contribution in [0.25, 0.3) is 10.9 Å². The van der Waals surface area contributed by atoms with Gasteiger partial charge >= 0.3 is 0 Å². The van der Waals surface area contributed by atoms with Crippen LogP contribution in [0.5, 0.6) is 0 Å². The molecule has 1 aromatic heterocycles. The first kappa shape index (κ1) is 11.0. The molecule has 2 heterocycles. The number of hydrogen-bond acceptors (Lipinski definition) is 2. The molecule has 0 N–H and O–H groups in total. The van der Waals surface area contributed by atoms with Crippen LogP contribution in [0.15, 0.2) is 34.8 Å². The van der Waals surface area contributed by atoms with Gasteiger partial charge in [0, 0.05) is 18.5 Å². The highest BCUT2D eigenvalue weighted by Gasteiger charge is 2.15. The minimum absolute atomic E-state index is 1.08. The molecular formula is C14H15BrN2. The molecule has 0 aliphatic carbocycles. The zero-order valence-corrected chi connectivity index (χ0v) is 11.3. The van der Waals surface area contributed by atoms with Crippen LogP contribution in [-0.4, -0.2) is 18.1 Å². The maximum absolute atomic E-state index is 4.78. The van der Waals surface area contributed by atoms with E-state index in [2.05, 4.69) is 45.1 Å². The van der Waals surface area contributed by atoms with Crippen molar-refractivity contribution in [2.24, 2.45) is 0 Å². The smallest absolute Gasteiger partial charge is 0.143 e. The summed E-state index contributed by atoms with van der Waals surface area (Å²) in [5, 5.41) is 1.19. The van der Waals surface area contributed by atoms with Gasteiger partial charge in [-0.05, 0) is 47.3 Å². The van der Waals surface area contributed by atoms with Gasteiger partial charge in [0.05, 0.1) is 9.99 Å². The van der Waals surface area contributed by atoms with E-state index in [1.807, 2.05) is 6.07 Å². The van der Waals surface area contributed by atoms with Gasteiger partial charge < -0.3 is 4.90 Å². The van der Waals surface area contributed by atoms with Gasteiger partial charge in [0.15, 0.2) is 0 Å². The Kier molecular flexibility index (Phi) is 3.02. The Morgan fingerprint density at radius 3 is 2.65 bits per heavy atom. The van der Waals surface area contributed by atoms with E-state index >= 15 is 0 Å². The Labute approximate surface area is 110 Å². The third-order valence-corrected chi connectivity index (χ3v) is 3.90. The van der Waals surface area contributed by atoms with Crippen molar-refractivity contribution in [1.29, 1.82) is 0 Å². The molecule has 1 aliphatic rings. The largest absolute Gasteiger partial charge is 0.356 e. The minimum atomic E-state index is 1.08. The Morgan fingerprint density at radius 1 is 1.06 bits per heavy atom. The van der Waals surface area contributed by atoms with Crippen LogP contribution < -0.4 is 4.90 Å². The average molecular weight is 291 g/mol. The quantitative estimate of drug-likeness (QED) is 0.790. The summed E-state index contributed by atoms with van der Waals surface area (Å²) in [7, 11) is 0. The van der Waals surface area contributed by atoms with Crippen LogP contribution in [0.2, 0.25) is 0 Å². The number of fused-ring (bicyclic) bond motifs is 1. The van der Waals surface area contributed by atoms with Crippen LogP contribution in [0.1, 0.15) is 19.3 Å². The van der Waals surface area contributed by atoms with Crippen LogP contribution in [0, 0.1) is 0 Å². The molecule has 0 saturated carbocycles. The molecule has 2 aromatic rings. The zero-order chi connectivity index (χ0) is 11.7. The lowest BCUT2D eigenvalue weighted by molar-refractivity contribution is 0.573. The van der Waals surface area contributed by atoms with Gasteiger partial charge in [0.2, 0.25) is 0 Å². The fourth-order valence-corrected chi connectivity index (χ4v) is 2.99. The van der Waals surface area contributed by atoms with E-state index in [0.717, 1.165) is 28.9 Å². The molecule has 0 bridgehead atoms. The van der Waals surface area contributed by atoms with E-state index in [9.17, 15) is 0 Å². The Bertz CT molecular complexity index is 533. The van der Waals surface area contributed by atoms with Crippen molar-refractivity contribution < 1.29 is 0 Å². The first-order valence-electron chi connectivity index (χ1n) is 6.15. The van der Waals surface area contributed by atoms with Gasteiger partial charge in [-0.15, -0.1) is 0 Å². The summed E-state index contributed by atoms with van der Waals surface area (Å²) >= 11 is 3.65. The van der Waals surface area contributed by atoms with Gasteiger partial charge in [0.1, 0.15) is 5.82 Å². The second kappa shape index (κ2) is 4.65. The second-order valence-corrected chi connectivity index (χ2v) is 5.39. The van der Waals surface area contributed by atoms with Gasteiger partial charge in [-0.3, -0.25) is 0 Å². The summed E-state index contributed by atoms with van der Waals surface area (Å²) in [5.74, 6) is 1.10. The number of halogens is 1. The molecule has 0 spiro atoms. The number of nitrogens with zero attached hydrogens (tertiary/aromatic N) is 2. The number of pyridine rings is 1. The molecule has 0 radical (unpaired) electrons. The number of benzene rings is 1. The highest BCUT2D eigenvalue weighted by molar-refractivity contribution is 9.10. The average Bonchev–Trinajstić information content (AvgIpc) is 2.39. The summed E-state index contributed by atoms with van der Waals surface area (Å²) in [6, 6.07) is 10.5. The predicted molar refractivity (Wildman–Crippen MR) is 75.5 cm³/mol. The van der Waals surface area contributed by atoms with Gasteiger partial charge in [0.25, 0.3) is 0 Å². The molecular weight excluding hydrogens is 276 g/mol. The number of rotatable bonds is 1. The van der Waals surface area contributed by atoms with Crippen LogP contribution >= 0.6 is 15.9 Å². The van der Waals surface area contributed by atoms with Crippen molar-refractivity contribution in [2.45, 2.75) is 19.3 Å². The highest BCUT2D eigenvalue weighted by Crippen LogP contribution is 2.29. The highest BCUT2D eigenvalue weighted by atomic mass is 79.9. The SMILES string of the molecule is Brc1cc2ccccc2nc1N1CCCCC1. The fourth-order valence-electron chi connectivity index (χ4n) is 2.41. The molecule has 2 nitrogen and oxygen atoms in total. The van der Waals surface area contributed by atoms with Gasteiger partial charge in [-0.1, -0.05) is 18.2 Å².